The zero-order chi connectivity index (χ0) is 12.7. The first-order chi connectivity index (χ1) is 8.65. The lowest BCUT2D eigenvalue weighted by atomic mass is 10.1. The fourth-order valence-corrected chi connectivity index (χ4v) is 2.66. The van der Waals surface area contributed by atoms with Gasteiger partial charge in [0.25, 0.3) is 0 Å². The van der Waals surface area contributed by atoms with E-state index in [2.05, 4.69) is 62.9 Å². The van der Waals surface area contributed by atoms with Gasteiger partial charge in [-0.2, -0.15) is 0 Å². The van der Waals surface area contributed by atoms with Crippen molar-refractivity contribution in [1.82, 2.24) is 15.0 Å². The van der Waals surface area contributed by atoms with Crippen molar-refractivity contribution < 1.29 is 0 Å². The number of aryl methyl sites for hydroxylation is 2. The van der Waals surface area contributed by atoms with Crippen LogP contribution in [0, 0.1) is 13.8 Å². The van der Waals surface area contributed by atoms with Crippen LogP contribution in [-0.4, -0.2) is 15.0 Å². The van der Waals surface area contributed by atoms with Gasteiger partial charge in [0.05, 0.1) is 5.52 Å². The van der Waals surface area contributed by atoms with Crippen LogP contribution in [0.4, 0.5) is 0 Å². The number of fused-ring (bicyclic) bond motifs is 1. The summed E-state index contributed by atoms with van der Waals surface area (Å²) < 4.78 is 1.04. The van der Waals surface area contributed by atoms with Crippen molar-refractivity contribution in [2.24, 2.45) is 0 Å². The lowest BCUT2D eigenvalue weighted by molar-refractivity contribution is 1.29. The summed E-state index contributed by atoms with van der Waals surface area (Å²) in [6.07, 6.45) is 1.78. The van der Waals surface area contributed by atoms with Crippen LogP contribution >= 0.6 is 15.9 Å². The minimum absolute atomic E-state index is 0.762. The average molecular weight is 302 g/mol. The molecule has 0 amide bonds. The summed E-state index contributed by atoms with van der Waals surface area (Å²) in [4.78, 5) is 12.2. The highest BCUT2D eigenvalue weighted by molar-refractivity contribution is 9.10. The van der Waals surface area contributed by atoms with Crippen LogP contribution < -0.4 is 0 Å². The molecule has 3 rings (SSSR count). The van der Waals surface area contributed by atoms with E-state index in [1.165, 1.54) is 5.56 Å². The second-order valence-corrected chi connectivity index (χ2v) is 5.25. The molecule has 90 valence electrons. The third-order valence-electron chi connectivity index (χ3n) is 2.98. The molecular formula is C14H12BrN3. The molecule has 1 aromatic carbocycles. The molecule has 0 aliphatic heterocycles. The van der Waals surface area contributed by atoms with E-state index in [1.54, 1.807) is 6.20 Å². The van der Waals surface area contributed by atoms with Gasteiger partial charge in [0.15, 0.2) is 5.65 Å². The number of pyridine rings is 1. The molecule has 18 heavy (non-hydrogen) atoms. The monoisotopic (exact) mass is 301 g/mol. The molecule has 3 nitrogen and oxygen atoms in total. The summed E-state index contributed by atoms with van der Waals surface area (Å²) in [6.45, 7) is 4.12. The first-order valence-corrected chi connectivity index (χ1v) is 6.52. The molecule has 1 N–H and O–H groups in total. The van der Waals surface area contributed by atoms with Crippen LogP contribution in [0.25, 0.3) is 22.6 Å². The Labute approximate surface area is 113 Å². The fraction of sp³-hybridized carbons (Fsp3) is 0.143. The van der Waals surface area contributed by atoms with E-state index in [1.807, 2.05) is 6.07 Å². The number of halogens is 1. The zero-order valence-corrected chi connectivity index (χ0v) is 11.7. The molecular weight excluding hydrogens is 290 g/mol. The number of rotatable bonds is 1. The number of benzene rings is 1. The van der Waals surface area contributed by atoms with Gasteiger partial charge in [-0.3, -0.25) is 0 Å². The van der Waals surface area contributed by atoms with Crippen LogP contribution in [0.5, 0.6) is 0 Å². The fourth-order valence-electron chi connectivity index (χ4n) is 1.98. The maximum atomic E-state index is 4.54. The van der Waals surface area contributed by atoms with Crippen molar-refractivity contribution in [3.05, 3.63) is 46.1 Å². The molecule has 0 atom stereocenters. The number of imidazole rings is 1. The summed E-state index contributed by atoms with van der Waals surface area (Å²) in [5.41, 5.74) is 5.19. The van der Waals surface area contributed by atoms with Gasteiger partial charge in [-0.05, 0) is 43.2 Å². The first kappa shape index (κ1) is 11.4. The van der Waals surface area contributed by atoms with E-state index < -0.39 is 0 Å². The second-order valence-electron chi connectivity index (χ2n) is 4.40. The predicted octanol–water partition coefficient (Wildman–Crippen LogP) is 4.00. The number of hydrogen-bond donors (Lipinski definition) is 1. The third-order valence-corrected chi connectivity index (χ3v) is 3.64. The van der Waals surface area contributed by atoms with Crippen molar-refractivity contribution in [2.75, 3.05) is 0 Å². The number of aromatic amines is 1. The van der Waals surface area contributed by atoms with Crippen molar-refractivity contribution in [1.29, 1.82) is 0 Å². The first-order valence-electron chi connectivity index (χ1n) is 5.73. The molecule has 0 saturated heterocycles. The Kier molecular flexibility index (Phi) is 2.67. The van der Waals surface area contributed by atoms with Crippen LogP contribution in [0.15, 0.2) is 34.9 Å². The number of H-pyrrole nitrogens is 1. The van der Waals surface area contributed by atoms with Crippen molar-refractivity contribution in [3.63, 3.8) is 0 Å². The SMILES string of the molecule is Cc1ccc(-c2nc3nccc(C)c3[nH]2)c(Br)c1. The van der Waals surface area contributed by atoms with Crippen molar-refractivity contribution >= 4 is 27.1 Å². The van der Waals surface area contributed by atoms with Gasteiger partial charge in [0.2, 0.25) is 0 Å². The summed E-state index contributed by atoms with van der Waals surface area (Å²) in [5.74, 6) is 0.846. The van der Waals surface area contributed by atoms with Crippen LogP contribution in [0.2, 0.25) is 0 Å². The maximum Gasteiger partial charge on any atom is 0.178 e. The highest BCUT2D eigenvalue weighted by Gasteiger charge is 2.10. The van der Waals surface area contributed by atoms with E-state index >= 15 is 0 Å². The number of aromatic nitrogens is 3. The Bertz CT molecular complexity index is 731. The zero-order valence-electron chi connectivity index (χ0n) is 10.2. The minimum Gasteiger partial charge on any atom is -0.336 e. The van der Waals surface area contributed by atoms with Crippen LogP contribution in [-0.2, 0) is 0 Å². The topological polar surface area (TPSA) is 41.6 Å². The molecule has 0 bridgehead atoms. The number of nitrogens with zero attached hydrogens (tertiary/aromatic N) is 2. The van der Waals surface area contributed by atoms with Gasteiger partial charge in [-0.15, -0.1) is 0 Å². The van der Waals surface area contributed by atoms with Gasteiger partial charge in [0.1, 0.15) is 5.82 Å². The molecule has 0 unspecified atom stereocenters. The Morgan fingerprint density at radius 2 is 2.00 bits per heavy atom. The molecule has 3 aromatic rings. The van der Waals surface area contributed by atoms with Crippen molar-refractivity contribution in [2.45, 2.75) is 13.8 Å². The smallest absolute Gasteiger partial charge is 0.178 e. The van der Waals surface area contributed by atoms with Gasteiger partial charge in [-0.1, -0.05) is 22.0 Å². The molecule has 0 spiro atoms. The normalized spacial score (nSPS) is 11.1. The Morgan fingerprint density at radius 3 is 2.72 bits per heavy atom. The van der Waals surface area contributed by atoms with Crippen LogP contribution in [0.1, 0.15) is 11.1 Å². The molecule has 4 heteroatoms. The van der Waals surface area contributed by atoms with E-state index in [0.29, 0.717) is 0 Å². The summed E-state index contributed by atoms with van der Waals surface area (Å²) in [5, 5.41) is 0. The molecule has 2 aromatic heterocycles. The molecule has 0 aliphatic carbocycles. The number of nitrogens with one attached hydrogen (secondary N) is 1. The Hall–Kier alpha value is -1.68. The summed E-state index contributed by atoms with van der Waals surface area (Å²) >= 11 is 3.58. The van der Waals surface area contributed by atoms with Crippen molar-refractivity contribution in [3.8, 4) is 11.4 Å². The predicted molar refractivity (Wildman–Crippen MR) is 76.5 cm³/mol. The second kappa shape index (κ2) is 4.21. The van der Waals surface area contributed by atoms with Gasteiger partial charge < -0.3 is 4.98 Å². The van der Waals surface area contributed by atoms with Gasteiger partial charge >= 0.3 is 0 Å². The molecule has 0 fully saturated rings. The molecule has 0 radical (unpaired) electrons. The van der Waals surface area contributed by atoms with E-state index in [4.69, 9.17) is 0 Å². The van der Waals surface area contributed by atoms with E-state index in [-0.39, 0.29) is 0 Å². The average Bonchev–Trinajstić information content (AvgIpc) is 2.74. The van der Waals surface area contributed by atoms with E-state index in [0.717, 1.165) is 32.6 Å². The third kappa shape index (κ3) is 1.82. The number of hydrogen-bond acceptors (Lipinski definition) is 2. The molecule has 0 saturated carbocycles. The van der Waals surface area contributed by atoms with Gasteiger partial charge in [-0.25, -0.2) is 9.97 Å². The summed E-state index contributed by atoms with van der Waals surface area (Å²) in [6, 6.07) is 8.21. The lowest BCUT2D eigenvalue weighted by Gasteiger charge is -2.01. The van der Waals surface area contributed by atoms with E-state index in [9.17, 15) is 0 Å². The Morgan fingerprint density at radius 1 is 1.17 bits per heavy atom. The molecule has 0 aliphatic rings. The highest BCUT2D eigenvalue weighted by atomic mass is 79.9. The standard InChI is InChI=1S/C14H12BrN3/c1-8-3-4-10(11(15)7-8)13-17-12-9(2)5-6-16-14(12)18-13/h3-7H,1-2H3,(H,16,17,18). The highest BCUT2D eigenvalue weighted by Crippen LogP contribution is 2.28. The van der Waals surface area contributed by atoms with Gasteiger partial charge in [0, 0.05) is 16.2 Å². The lowest BCUT2D eigenvalue weighted by Crippen LogP contribution is -1.83. The maximum absolute atomic E-state index is 4.54. The quantitative estimate of drug-likeness (QED) is 0.738. The Balaban J connectivity index is 2.23. The summed E-state index contributed by atoms with van der Waals surface area (Å²) in [7, 11) is 0. The van der Waals surface area contributed by atoms with Crippen LogP contribution in [0.3, 0.4) is 0 Å². The molecule has 2 heterocycles. The largest absolute Gasteiger partial charge is 0.336 e. The minimum atomic E-state index is 0.762.